The first-order valence-electron chi connectivity index (χ1n) is 10.8. The van der Waals surface area contributed by atoms with Gasteiger partial charge < -0.3 is 4.42 Å². The fourth-order valence-corrected chi connectivity index (χ4v) is 4.36. The van der Waals surface area contributed by atoms with E-state index in [-0.39, 0.29) is 0 Å². The van der Waals surface area contributed by atoms with E-state index in [2.05, 4.69) is 97.9 Å². The van der Waals surface area contributed by atoms with Crippen LogP contribution in [0.1, 0.15) is 5.56 Å². The Hall–Kier alpha value is -4.17. The first-order chi connectivity index (χ1) is 15.8. The number of furan rings is 1. The zero-order valence-corrected chi connectivity index (χ0v) is 17.7. The van der Waals surface area contributed by atoms with Gasteiger partial charge in [0.1, 0.15) is 11.2 Å². The third-order valence-electron chi connectivity index (χ3n) is 6.06. The van der Waals surface area contributed by atoms with E-state index in [1.807, 2.05) is 18.3 Å². The molecule has 2 aromatic heterocycles. The van der Waals surface area contributed by atoms with Gasteiger partial charge in [0.25, 0.3) is 0 Å². The summed E-state index contributed by atoms with van der Waals surface area (Å²) in [6, 6.07) is 35.9. The van der Waals surface area contributed by atoms with Crippen molar-refractivity contribution in [2.45, 2.75) is 6.92 Å². The molecule has 0 aliphatic rings. The first kappa shape index (κ1) is 18.6. The number of fused-ring (bicyclic) bond motifs is 3. The smallest absolute Gasteiger partial charge is 0.135 e. The molecule has 2 nitrogen and oxygen atoms in total. The average Bonchev–Trinajstić information content (AvgIpc) is 3.22. The van der Waals surface area contributed by atoms with Crippen molar-refractivity contribution in [1.29, 1.82) is 0 Å². The molecular formula is C30H21NO. The third-order valence-corrected chi connectivity index (χ3v) is 6.06. The second-order valence-corrected chi connectivity index (χ2v) is 8.14. The van der Waals surface area contributed by atoms with Crippen molar-refractivity contribution in [2.75, 3.05) is 0 Å². The zero-order valence-electron chi connectivity index (χ0n) is 17.7. The Bertz CT molecular complexity index is 1560. The first-order valence-corrected chi connectivity index (χ1v) is 10.8. The van der Waals surface area contributed by atoms with Crippen LogP contribution in [-0.2, 0) is 0 Å². The highest BCUT2D eigenvalue weighted by molar-refractivity contribution is 6.07. The lowest BCUT2D eigenvalue weighted by molar-refractivity contribution is 0.669. The molecule has 0 spiro atoms. The van der Waals surface area contributed by atoms with Gasteiger partial charge in [-0.2, -0.15) is 0 Å². The van der Waals surface area contributed by atoms with Gasteiger partial charge >= 0.3 is 0 Å². The van der Waals surface area contributed by atoms with Crippen LogP contribution in [0, 0.1) is 6.92 Å². The van der Waals surface area contributed by atoms with Crippen molar-refractivity contribution in [3.8, 4) is 33.5 Å². The highest BCUT2D eigenvalue weighted by Crippen LogP contribution is 2.35. The van der Waals surface area contributed by atoms with Crippen molar-refractivity contribution in [3.63, 3.8) is 0 Å². The molecule has 0 N–H and O–H groups in total. The maximum atomic E-state index is 6.13. The SMILES string of the molecule is Cc1cnc(-c2ccc3oc4ccc(-c5ccccc5)cc4c3c2)cc1-c1ccccc1. The van der Waals surface area contributed by atoms with E-state index in [1.165, 1.54) is 27.8 Å². The highest BCUT2D eigenvalue weighted by atomic mass is 16.3. The van der Waals surface area contributed by atoms with Gasteiger partial charge in [0.15, 0.2) is 0 Å². The Kier molecular flexibility index (Phi) is 4.36. The fraction of sp³-hybridized carbons (Fsp3) is 0.0333. The van der Waals surface area contributed by atoms with Gasteiger partial charge in [-0.05, 0) is 71.1 Å². The van der Waals surface area contributed by atoms with Crippen molar-refractivity contribution >= 4 is 21.9 Å². The quantitative estimate of drug-likeness (QED) is 0.293. The molecule has 0 amide bonds. The molecule has 0 atom stereocenters. The molecule has 2 heteroatoms. The second kappa shape index (κ2) is 7.51. The average molecular weight is 412 g/mol. The summed E-state index contributed by atoms with van der Waals surface area (Å²) in [6.45, 7) is 2.11. The lowest BCUT2D eigenvalue weighted by atomic mass is 9.98. The Morgan fingerprint density at radius 3 is 1.84 bits per heavy atom. The van der Waals surface area contributed by atoms with Crippen LogP contribution in [0.2, 0.25) is 0 Å². The van der Waals surface area contributed by atoms with Crippen molar-refractivity contribution in [3.05, 3.63) is 115 Å². The third kappa shape index (κ3) is 3.17. The van der Waals surface area contributed by atoms with Crippen LogP contribution in [0.25, 0.3) is 55.4 Å². The molecule has 0 aliphatic heterocycles. The zero-order chi connectivity index (χ0) is 21.5. The summed E-state index contributed by atoms with van der Waals surface area (Å²) >= 11 is 0. The number of aryl methyl sites for hydroxylation is 1. The van der Waals surface area contributed by atoms with Gasteiger partial charge in [0, 0.05) is 22.5 Å². The summed E-state index contributed by atoms with van der Waals surface area (Å²) in [7, 11) is 0. The van der Waals surface area contributed by atoms with Crippen LogP contribution in [0.4, 0.5) is 0 Å². The number of benzene rings is 4. The molecule has 0 unspecified atom stereocenters. The summed E-state index contributed by atoms with van der Waals surface area (Å²) in [6.07, 6.45) is 1.96. The Morgan fingerprint density at radius 1 is 0.562 bits per heavy atom. The van der Waals surface area contributed by atoms with Crippen LogP contribution >= 0.6 is 0 Å². The molecular weight excluding hydrogens is 390 g/mol. The van der Waals surface area contributed by atoms with Gasteiger partial charge in [-0.1, -0.05) is 66.7 Å². The molecule has 0 bridgehead atoms. The number of pyridine rings is 1. The minimum atomic E-state index is 0.893. The lowest BCUT2D eigenvalue weighted by Crippen LogP contribution is -1.89. The summed E-state index contributed by atoms with van der Waals surface area (Å²) in [5, 5.41) is 2.23. The molecule has 4 aromatic carbocycles. The number of rotatable bonds is 3. The normalized spacial score (nSPS) is 11.3. The molecule has 0 aliphatic carbocycles. The predicted octanol–water partition coefficient (Wildman–Crippen LogP) is 8.29. The van der Waals surface area contributed by atoms with Crippen LogP contribution < -0.4 is 0 Å². The maximum Gasteiger partial charge on any atom is 0.135 e. The van der Waals surface area contributed by atoms with Gasteiger partial charge in [-0.3, -0.25) is 4.98 Å². The summed E-state index contributed by atoms with van der Waals surface area (Å²) < 4.78 is 6.13. The van der Waals surface area contributed by atoms with Crippen molar-refractivity contribution in [1.82, 2.24) is 4.98 Å². The second-order valence-electron chi connectivity index (χ2n) is 8.14. The molecule has 152 valence electrons. The van der Waals surface area contributed by atoms with E-state index in [1.54, 1.807) is 0 Å². The maximum absolute atomic E-state index is 6.13. The molecule has 6 aromatic rings. The summed E-state index contributed by atoms with van der Waals surface area (Å²) in [5.41, 5.74) is 9.81. The topological polar surface area (TPSA) is 26.0 Å². The molecule has 32 heavy (non-hydrogen) atoms. The minimum absolute atomic E-state index is 0.893. The van der Waals surface area contributed by atoms with Crippen molar-refractivity contribution < 1.29 is 4.42 Å². The van der Waals surface area contributed by atoms with Gasteiger partial charge in [0.2, 0.25) is 0 Å². The number of aromatic nitrogens is 1. The Balaban J connectivity index is 1.50. The van der Waals surface area contributed by atoms with E-state index >= 15 is 0 Å². The standard InChI is InChI=1S/C30H21NO/c1-20-19-31-28(18-25(20)22-10-6-3-7-11-22)24-13-15-30-27(17-24)26-16-23(12-14-29(26)32-30)21-8-4-2-5-9-21/h2-19H,1H3. The molecule has 6 rings (SSSR count). The van der Waals surface area contributed by atoms with E-state index < -0.39 is 0 Å². The highest BCUT2D eigenvalue weighted by Gasteiger charge is 2.12. The van der Waals surface area contributed by atoms with E-state index in [4.69, 9.17) is 9.40 Å². The predicted molar refractivity (Wildman–Crippen MR) is 133 cm³/mol. The molecule has 2 heterocycles. The van der Waals surface area contributed by atoms with Crippen LogP contribution in [0.15, 0.2) is 114 Å². The van der Waals surface area contributed by atoms with Gasteiger partial charge in [-0.25, -0.2) is 0 Å². The van der Waals surface area contributed by atoms with Gasteiger partial charge in [-0.15, -0.1) is 0 Å². The monoisotopic (exact) mass is 411 g/mol. The fourth-order valence-electron chi connectivity index (χ4n) is 4.36. The van der Waals surface area contributed by atoms with Gasteiger partial charge in [0.05, 0.1) is 5.69 Å². The molecule has 0 fully saturated rings. The summed E-state index contributed by atoms with van der Waals surface area (Å²) in [5.74, 6) is 0. The molecule has 0 radical (unpaired) electrons. The molecule has 0 saturated carbocycles. The Morgan fingerprint density at radius 2 is 1.16 bits per heavy atom. The van der Waals surface area contributed by atoms with Crippen LogP contribution in [0.5, 0.6) is 0 Å². The minimum Gasteiger partial charge on any atom is -0.456 e. The van der Waals surface area contributed by atoms with E-state index in [0.717, 1.165) is 33.2 Å². The van der Waals surface area contributed by atoms with Crippen LogP contribution in [-0.4, -0.2) is 4.98 Å². The Labute approximate surface area is 186 Å². The van der Waals surface area contributed by atoms with E-state index in [9.17, 15) is 0 Å². The number of nitrogens with zero attached hydrogens (tertiary/aromatic N) is 1. The molecule has 0 saturated heterocycles. The lowest BCUT2D eigenvalue weighted by Gasteiger charge is -2.09. The number of hydrogen-bond donors (Lipinski definition) is 0. The largest absolute Gasteiger partial charge is 0.456 e. The number of hydrogen-bond acceptors (Lipinski definition) is 2. The van der Waals surface area contributed by atoms with Crippen molar-refractivity contribution in [2.24, 2.45) is 0 Å². The summed E-state index contributed by atoms with van der Waals surface area (Å²) in [4.78, 5) is 4.74. The van der Waals surface area contributed by atoms with Crippen LogP contribution in [0.3, 0.4) is 0 Å². The van der Waals surface area contributed by atoms with E-state index in [0.29, 0.717) is 0 Å².